The van der Waals surface area contributed by atoms with E-state index >= 15 is 0 Å². The summed E-state index contributed by atoms with van der Waals surface area (Å²) >= 11 is 0. The summed E-state index contributed by atoms with van der Waals surface area (Å²) in [5, 5.41) is 5.83. The van der Waals surface area contributed by atoms with Gasteiger partial charge in [0.2, 0.25) is 0 Å². The standard InChI is InChI=1S/C14H15F2N3O3/c15-10-2-1-8(5-11(10)16)12-7-22-14(21)19(12)13(20)18-9-3-4-17-6-9/h1-2,5,9,12,17H,3-4,6-7H2,(H,18,20)/t9-,12-/m1/s1. The Morgan fingerprint density at radius 1 is 1.36 bits per heavy atom. The molecule has 6 nitrogen and oxygen atoms in total. The van der Waals surface area contributed by atoms with Gasteiger partial charge in [-0.3, -0.25) is 0 Å². The fourth-order valence-corrected chi connectivity index (χ4v) is 2.63. The molecule has 1 aromatic carbocycles. The minimum atomic E-state index is -1.03. The van der Waals surface area contributed by atoms with Crippen molar-refractivity contribution in [3.8, 4) is 0 Å². The van der Waals surface area contributed by atoms with Gasteiger partial charge in [-0.15, -0.1) is 0 Å². The van der Waals surface area contributed by atoms with Gasteiger partial charge in [-0.05, 0) is 30.7 Å². The van der Waals surface area contributed by atoms with Gasteiger partial charge in [-0.25, -0.2) is 23.3 Å². The first-order valence-corrected chi connectivity index (χ1v) is 6.98. The normalized spacial score (nSPS) is 24.5. The number of carbonyl (C=O) groups excluding carboxylic acids is 2. The molecule has 3 rings (SSSR count). The van der Waals surface area contributed by atoms with E-state index < -0.39 is 29.8 Å². The Morgan fingerprint density at radius 2 is 2.18 bits per heavy atom. The molecule has 0 aliphatic carbocycles. The van der Waals surface area contributed by atoms with Crippen molar-refractivity contribution in [1.82, 2.24) is 15.5 Å². The van der Waals surface area contributed by atoms with Crippen LogP contribution in [0, 0.1) is 11.6 Å². The van der Waals surface area contributed by atoms with Crippen LogP contribution in [0.2, 0.25) is 0 Å². The van der Waals surface area contributed by atoms with Crippen LogP contribution in [0.25, 0.3) is 0 Å². The SMILES string of the molecule is O=C(N[C@@H]1CCNC1)N1C(=O)OC[C@@H]1c1ccc(F)c(F)c1. The summed E-state index contributed by atoms with van der Waals surface area (Å²) in [6.07, 6.45) is -0.0250. The van der Waals surface area contributed by atoms with Gasteiger partial charge in [0.1, 0.15) is 12.6 Å². The van der Waals surface area contributed by atoms with Crippen molar-refractivity contribution in [2.75, 3.05) is 19.7 Å². The minimum absolute atomic E-state index is 0.0634. The van der Waals surface area contributed by atoms with Crippen LogP contribution < -0.4 is 10.6 Å². The second kappa shape index (κ2) is 5.88. The van der Waals surface area contributed by atoms with E-state index in [0.717, 1.165) is 30.0 Å². The maximum Gasteiger partial charge on any atom is 0.418 e. The zero-order chi connectivity index (χ0) is 15.7. The van der Waals surface area contributed by atoms with Crippen LogP contribution in [0.4, 0.5) is 18.4 Å². The van der Waals surface area contributed by atoms with Gasteiger partial charge < -0.3 is 15.4 Å². The molecule has 2 aliphatic rings. The zero-order valence-corrected chi connectivity index (χ0v) is 11.6. The highest BCUT2D eigenvalue weighted by Crippen LogP contribution is 2.28. The second-order valence-corrected chi connectivity index (χ2v) is 5.28. The van der Waals surface area contributed by atoms with E-state index in [1.165, 1.54) is 6.07 Å². The summed E-state index contributed by atoms with van der Waals surface area (Å²) in [6, 6.07) is 1.85. The van der Waals surface area contributed by atoms with Gasteiger partial charge >= 0.3 is 12.1 Å². The predicted molar refractivity (Wildman–Crippen MR) is 72.1 cm³/mol. The van der Waals surface area contributed by atoms with Crippen molar-refractivity contribution < 1.29 is 23.1 Å². The van der Waals surface area contributed by atoms with Gasteiger partial charge in [0.15, 0.2) is 11.6 Å². The molecule has 2 atom stereocenters. The van der Waals surface area contributed by atoms with Crippen molar-refractivity contribution in [3.63, 3.8) is 0 Å². The van der Waals surface area contributed by atoms with E-state index in [0.29, 0.717) is 12.1 Å². The molecule has 8 heteroatoms. The van der Waals surface area contributed by atoms with Crippen molar-refractivity contribution in [3.05, 3.63) is 35.4 Å². The number of ether oxygens (including phenoxy) is 1. The first-order valence-electron chi connectivity index (χ1n) is 6.98. The predicted octanol–water partition coefficient (Wildman–Crippen LogP) is 1.53. The number of imide groups is 1. The topological polar surface area (TPSA) is 70.7 Å². The Balaban J connectivity index is 1.79. The molecule has 118 valence electrons. The average molecular weight is 311 g/mol. The molecule has 2 fully saturated rings. The van der Waals surface area contributed by atoms with E-state index in [-0.39, 0.29) is 12.6 Å². The molecule has 0 spiro atoms. The smallest absolute Gasteiger partial charge is 0.418 e. The fraction of sp³-hybridized carbons (Fsp3) is 0.429. The van der Waals surface area contributed by atoms with Gasteiger partial charge in [0, 0.05) is 12.6 Å². The van der Waals surface area contributed by atoms with E-state index in [9.17, 15) is 18.4 Å². The number of cyclic esters (lactones) is 1. The lowest BCUT2D eigenvalue weighted by molar-refractivity contribution is 0.157. The average Bonchev–Trinajstić information content (AvgIpc) is 3.11. The van der Waals surface area contributed by atoms with Crippen molar-refractivity contribution in [1.29, 1.82) is 0 Å². The monoisotopic (exact) mass is 311 g/mol. The maximum atomic E-state index is 13.4. The van der Waals surface area contributed by atoms with E-state index in [1.807, 2.05) is 0 Å². The van der Waals surface area contributed by atoms with Crippen LogP contribution >= 0.6 is 0 Å². The highest BCUT2D eigenvalue weighted by Gasteiger charge is 2.40. The molecule has 2 heterocycles. The van der Waals surface area contributed by atoms with Gasteiger partial charge in [0.25, 0.3) is 0 Å². The molecule has 3 amide bonds. The number of nitrogens with zero attached hydrogens (tertiary/aromatic N) is 1. The first kappa shape index (κ1) is 14.7. The van der Waals surface area contributed by atoms with Crippen LogP contribution in [0.3, 0.4) is 0 Å². The number of hydrogen-bond donors (Lipinski definition) is 2. The minimum Gasteiger partial charge on any atom is -0.446 e. The van der Waals surface area contributed by atoms with Gasteiger partial charge in [-0.1, -0.05) is 6.07 Å². The third-order valence-electron chi connectivity index (χ3n) is 3.81. The molecule has 0 saturated carbocycles. The third kappa shape index (κ3) is 2.74. The van der Waals surface area contributed by atoms with Crippen LogP contribution in [0.5, 0.6) is 0 Å². The largest absolute Gasteiger partial charge is 0.446 e. The Hall–Kier alpha value is -2.22. The molecule has 2 N–H and O–H groups in total. The van der Waals surface area contributed by atoms with Crippen molar-refractivity contribution in [2.45, 2.75) is 18.5 Å². The summed E-state index contributed by atoms with van der Waals surface area (Å²) in [5.41, 5.74) is 0.310. The highest BCUT2D eigenvalue weighted by molar-refractivity contribution is 5.92. The van der Waals surface area contributed by atoms with E-state index in [1.54, 1.807) is 0 Å². The van der Waals surface area contributed by atoms with E-state index in [4.69, 9.17) is 4.74 Å². The molecule has 0 aromatic heterocycles. The van der Waals surface area contributed by atoms with Crippen LogP contribution in [0.1, 0.15) is 18.0 Å². The number of hydrogen-bond acceptors (Lipinski definition) is 4. The van der Waals surface area contributed by atoms with Crippen molar-refractivity contribution in [2.24, 2.45) is 0 Å². The first-order chi connectivity index (χ1) is 10.6. The molecule has 2 aliphatic heterocycles. The summed E-state index contributed by atoms with van der Waals surface area (Å²) in [6.45, 7) is 1.34. The molecule has 0 radical (unpaired) electrons. The number of carbonyl (C=O) groups is 2. The Labute approximate surface area is 125 Å². The van der Waals surface area contributed by atoms with Gasteiger partial charge in [0.05, 0.1) is 0 Å². The molecular weight excluding hydrogens is 296 g/mol. The molecular formula is C14H15F2N3O3. The lowest BCUT2D eigenvalue weighted by Crippen LogP contribution is -2.46. The summed E-state index contributed by atoms with van der Waals surface area (Å²) < 4.78 is 31.3. The second-order valence-electron chi connectivity index (χ2n) is 5.28. The molecule has 22 heavy (non-hydrogen) atoms. The summed E-state index contributed by atoms with van der Waals surface area (Å²) in [7, 11) is 0. The lowest BCUT2D eigenvalue weighted by atomic mass is 10.1. The number of halogens is 2. The van der Waals surface area contributed by atoms with Crippen LogP contribution in [0.15, 0.2) is 18.2 Å². The number of rotatable bonds is 2. The Kier molecular flexibility index (Phi) is 3.93. The molecule has 0 unspecified atom stereocenters. The van der Waals surface area contributed by atoms with Crippen LogP contribution in [-0.4, -0.2) is 42.8 Å². The van der Waals surface area contributed by atoms with E-state index in [2.05, 4.69) is 10.6 Å². The fourth-order valence-electron chi connectivity index (χ4n) is 2.63. The molecule has 2 saturated heterocycles. The molecule has 0 bridgehead atoms. The summed E-state index contributed by atoms with van der Waals surface area (Å²) in [5.74, 6) is -2.01. The van der Waals surface area contributed by atoms with Crippen LogP contribution in [-0.2, 0) is 4.74 Å². The Morgan fingerprint density at radius 3 is 2.86 bits per heavy atom. The number of amides is 3. The van der Waals surface area contributed by atoms with Crippen molar-refractivity contribution >= 4 is 12.1 Å². The summed E-state index contributed by atoms with van der Waals surface area (Å²) in [4.78, 5) is 25.0. The maximum absolute atomic E-state index is 13.4. The number of urea groups is 1. The highest BCUT2D eigenvalue weighted by atomic mass is 19.2. The molecule has 1 aromatic rings. The van der Waals surface area contributed by atoms with Gasteiger partial charge in [-0.2, -0.15) is 0 Å². The quantitative estimate of drug-likeness (QED) is 0.869. The Bertz CT molecular complexity index is 605. The number of nitrogens with one attached hydrogen (secondary N) is 2. The zero-order valence-electron chi connectivity index (χ0n) is 11.6. The lowest BCUT2D eigenvalue weighted by Gasteiger charge is -2.22. The third-order valence-corrected chi connectivity index (χ3v) is 3.81. The number of benzene rings is 1.